The molecule has 0 radical (unpaired) electrons. The number of carbonyl (C=O) groups excluding carboxylic acids is 1. The fourth-order valence-electron chi connectivity index (χ4n) is 4.98. The van der Waals surface area contributed by atoms with Crippen LogP contribution >= 0.6 is 0 Å². The van der Waals surface area contributed by atoms with E-state index >= 15 is 0 Å². The zero-order valence-corrected chi connectivity index (χ0v) is 20.8. The van der Waals surface area contributed by atoms with Gasteiger partial charge in [-0.15, -0.1) is 0 Å². The maximum atomic E-state index is 11.0. The van der Waals surface area contributed by atoms with Crippen LogP contribution in [0.3, 0.4) is 0 Å². The van der Waals surface area contributed by atoms with Crippen LogP contribution < -0.4 is 9.64 Å². The molecule has 1 N–H and O–H groups in total. The molecule has 1 amide bonds. The van der Waals surface area contributed by atoms with E-state index in [0.717, 1.165) is 62.4 Å². The Hall–Kier alpha value is -4.49. The van der Waals surface area contributed by atoms with Gasteiger partial charge in [0.05, 0.1) is 24.5 Å². The summed E-state index contributed by atoms with van der Waals surface area (Å²) >= 11 is 0. The molecule has 4 heterocycles. The first-order valence-corrected chi connectivity index (χ1v) is 12.8. The van der Waals surface area contributed by atoms with Crippen LogP contribution in [0.1, 0.15) is 18.4 Å². The molecule has 0 spiro atoms. The molecule has 2 aliphatic heterocycles. The van der Waals surface area contributed by atoms with E-state index in [1.165, 1.54) is 6.33 Å². The molecule has 0 bridgehead atoms. The lowest BCUT2D eigenvalue weighted by molar-refractivity contribution is -0.119. The number of hydrogen-bond acceptors (Lipinski definition) is 8. The minimum absolute atomic E-state index is 0.0280. The predicted octanol–water partition coefficient (Wildman–Crippen LogP) is 3.39. The number of piperidine rings is 1. The molecule has 10 nitrogen and oxygen atoms in total. The number of carbonyl (C=O) groups is 1. The normalized spacial score (nSPS) is 16.4. The van der Waals surface area contributed by atoms with Crippen LogP contribution in [-0.4, -0.2) is 76.7 Å². The highest BCUT2D eigenvalue weighted by Crippen LogP contribution is 2.31. The maximum absolute atomic E-state index is 11.0. The molecule has 0 aliphatic carbocycles. The summed E-state index contributed by atoms with van der Waals surface area (Å²) in [6, 6.07) is 16.1. The van der Waals surface area contributed by atoms with Crippen molar-refractivity contribution in [2.24, 2.45) is 0 Å². The number of amides is 1. The second-order valence-electron chi connectivity index (χ2n) is 9.43. The highest BCUT2D eigenvalue weighted by molar-refractivity contribution is 5.89. The van der Waals surface area contributed by atoms with E-state index in [1.807, 2.05) is 12.1 Å². The molecular weight excluding hydrogens is 482 g/mol. The number of hydrogen-bond donors (Lipinski definition) is 1. The summed E-state index contributed by atoms with van der Waals surface area (Å²) in [7, 11) is 0. The largest absolute Gasteiger partial charge is 0.489 e. The zero-order valence-electron chi connectivity index (χ0n) is 20.8. The van der Waals surface area contributed by atoms with Crippen LogP contribution in [0.25, 0.3) is 33.8 Å². The number of nitrogens with zero attached hydrogens (tertiary/aromatic N) is 6. The van der Waals surface area contributed by atoms with Crippen molar-refractivity contribution in [2.75, 3.05) is 44.3 Å². The van der Waals surface area contributed by atoms with Crippen molar-refractivity contribution in [1.82, 2.24) is 24.8 Å². The summed E-state index contributed by atoms with van der Waals surface area (Å²) in [6.07, 6.45) is 3.81. The number of H-pyrrole nitrogens is 1. The molecule has 192 valence electrons. The van der Waals surface area contributed by atoms with Gasteiger partial charge in [0.15, 0.2) is 5.65 Å². The first kappa shape index (κ1) is 23.9. The third kappa shape index (κ3) is 4.76. The molecule has 0 unspecified atom stereocenters. The van der Waals surface area contributed by atoms with Gasteiger partial charge >= 0.3 is 0 Å². The van der Waals surface area contributed by atoms with Crippen molar-refractivity contribution in [3.63, 3.8) is 0 Å². The van der Waals surface area contributed by atoms with Gasteiger partial charge in [0.2, 0.25) is 6.41 Å². The number of rotatable bonds is 6. The lowest BCUT2D eigenvalue weighted by Crippen LogP contribution is -2.37. The summed E-state index contributed by atoms with van der Waals surface area (Å²) in [4.78, 5) is 32.0. The van der Waals surface area contributed by atoms with E-state index < -0.39 is 0 Å². The number of ether oxygens (including phenoxy) is 2. The summed E-state index contributed by atoms with van der Waals surface area (Å²) in [5.41, 5.74) is 5.25. The standard InChI is InChI=1S/C28H27N7O3/c29-16-21-15-20(3-6-24(21)38-23-7-9-34(18-36)10-8-23)25-26-28(31-17-30-25)33-27(32-26)19-1-4-22(5-2-19)35-11-13-37-14-12-35/h1-6,15,17-18,23H,7-14H2,(H,30,31,32,33). The molecule has 6 rings (SSSR count). The van der Waals surface area contributed by atoms with Crippen molar-refractivity contribution >= 4 is 23.3 Å². The van der Waals surface area contributed by atoms with E-state index in [9.17, 15) is 10.1 Å². The summed E-state index contributed by atoms with van der Waals surface area (Å²) in [6.45, 7) is 4.58. The molecule has 2 saturated heterocycles. The predicted molar refractivity (Wildman–Crippen MR) is 142 cm³/mol. The average Bonchev–Trinajstić information content (AvgIpc) is 3.43. The van der Waals surface area contributed by atoms with Gasteiger partial charge in [0, 0.05) is 55.8 Å². The lowest BCUT2D eigenvalue weighted by Gasteiger charge is -2.29. The molecule has 0 saturated carbocycles. The third-order valence-electron chi connectivity index (χ3n) is 7.10. The van der Waals surface area contributed by atoms with E-state index in [4.69, 9.17) is 14.5 Å². The van der Waals surface area contributed by atoms with Crippen molar-refractivity contribution in [1.29, 1.82) is 5.26 Å². The molecule has 4 aromatic rings. The monoisotopic (exact) mass is 509 g/mol. The van der Waals surface area contributed by atoms with Crippen LogP contribution in [0.2, 0.25) is 0 Å². The molecule has 2 fully saturated rings. The number of aromatic amines is 1. The molecule has 38 heavy (non-hydrogen) atoms. The number of likely N-dealkylation sites (tertiary alicyclic amines) is 1. The smallest absolute Gasteiger partial charge is 0.209 e. The second kappa shape index (κ2) is 10.5. The summed E-state index contributed by atoms with van der Waals surface area (Å²) in [5.74, 6) is 1.24. The quantitative estimate of drug-likeness (QED) is 0.393. The SMILES string of the molecule is N#Cc1cc(-c2ncnc3nc(-c4ccc(N5CCOCC5)cc4)[nH]c23)ccc1OC1CCN(C=O)CC1. The molecule has 0 atom stereocenters. The fraction of sp³-hybridized carbons (Fsp3) is 0.321. The number of nitrogens with one attached hydrogen (secondary N) is 1. The summed E-state index contributed by atoms with van der Waals surface area (Å²) < 4.78 is 11.6. The zero-order chi connectivity index (χ0) is 25.9. The van der Waals surface area contributed by atoms with Crippen molar-refractivity contribution < 1.29 is 14.3 Å². The highest BCUT2D eigenvalue weighted by Gasteiger charge is 2.21. The van der Waals surface area contributed by atoms with Crippen LogP contribution in [0.15, 0.2) is 48.8 Å². The van der Waals surface area contributed by atoms with Crippen LogP contribution in [0, 0.1) is 11.3 Å². The van der Waals surface area contributed by atoms with E-state index in [0.29, 0.717) is 47.1 Å². The van der Waals surface area contributed by atoms with Crippen LogP contribution in [-0.2, 0) is 9.53 Å². The number of morpholine rings is 1. The van der Waals surface area contributed by atoms with Crippen LogP contribution in [0.5, 0.6) is 5.75 Å². The molecule has 2 aliphatic rings. The van der Waals surface area contributed by atoms with Gasteiger partial charge in [-0.2, -0.15) is 5.26 Å². The van der Waals surface area contributed by atoms with E-state index in [2.05, 4.69) is 50.2 Å². The van der Waals surface area contributed by atoms with Crippen molar-refractivity contribution in [2.45, 2.75) is 18.9 Å². The number of fused-ring (bicyclic) bond motifs is 1. The maximum Gasteiger partial charge on any atom is 0.209 e. The van der Waals surface area contributed by atoms with Gasteiger partial charge < -0.3 is 24.3 Å². The van der Waals surface area contributed by atoms with Crippen molar-refractivity contribution in [3.8, 4) is 34.5 Å². The molecular formula is C28H27N7O3. The number of benzene rings is 2. The van der Waals surface area contributed by atoms with Gasteiger partial charge in [-0.05, 0) is 42.5 Å². The van der Waals surface area contributed by atoms with Crippen molar-refractivity contribution in [3.05, 3.63) is 54.4 Å². The Morgan fingerprint density at radius 1 is 1.03 bits per heavy atom. The highest BCUT2D eigenvalue weighted by atomic mass is 16.5. The topological polar surface area (TPSA) is 120 Å². The molecule has 10 heteroatoms. The molecule has 2 aromatic carbocycles. The van der Waals surface area contributed by atoms with E-state index in [-0.39, 0.29) is 6.10 Å². The first-order valence-electron chi connectivity index (χ1n) is 12.8. The average molecular weight is 510 g/mol. The Balaban J connectivity index is 1.25. The number of aromatic nitrogens is 4. The summed E-state index contributed by atoms with van der Waals surface area (Å²) in [5, 5.41) is 9.83. The minimum atomic E-state index is -0.0280. The van der Waals surface area contributed by atoms with Gasteiger partial charge in [0.25, 0.3) is 0 Å². The number of nitriles is 1. The fourth-order valence-corrected chi connectivity index (χ4v) is 4.98. The van der Waals surface area contributed by atoms with Gasteiger partial charge in [0.1, 0.15) is 35.6 Å². The van der Waals surface area contributed by atoms with Gasteiger partial charge in [-0.25, -0.2) is 15.0 Å². The second-order valence-corrected chi connectivity index (χ2v) is 9.43. The third-order valence-corrected chi connectivity index (χ3v) is 7.10. The minimum Gasteiger partial charge on any atom is -0.489 e. The lowest BCUT2D eigenvalue weighted by atomic mass is 10.1. The van der Waals surface area contributed by atoms with E-state index in [1.54, 1.807) is 11.0 Å². The first-order chi connectivity index (χ1) is 18.7. The Labute approximate surface area is 219 Å². The number of anilines is 1. The Bertz CT molecular complexity index is 1480. The Kier molecular flexibility index (Phi) is 6.58. The van der Waals surface area contributed by atoms with Gasteiger partial charge in [-0.1, -0.05) is 0 Å². The Morgan fingerprint density at radius 3 is 2.53 bits per heavy atom. The van der Waals surface area contributed by atoms with Crippen LogP contribution in [0.4, 0.5) is 5.69 Å². The number of imidazole rings is 1. The van der Waals surface area contributed by atoms with Gasteiger partial charge in [-0.3, -0.25) is 4.79 Å². The molecule has 2 aromatic heterocycles. The Morgan fingerprint density at radius 2 is 1.79 bits per heavy atom.